The van der Waals surface area contributed by atoms with Crippen molar-refractivity contribution < 1.29 is 14.7 Å². The van der Waals surface area contributed by atoms with Crippen molar-refractivity contribution in [1.29, 1.82) is 0 Å². The zero-order valence-corrected chi connectivity index (χ0v) is 11.7. The van der Waals surface area contributed by atoms with Crippen LogP contribution in [0.3, 0.4) is 0 Å². The molecule has 0 aromatic carbocycles. The molecule has 2 fully saturated rings. The lowest BCUT2D eigenvalue weighted by Gasteiger charge is -2.42. The molecule has 0 saturated heterocycles. The van der Waals surface area contributed by atoms with Crippen LogP contribution >= 0.6 is 0 Å². The van der Waals surface area contributed by atoms with Crippen molar-refractivity contribution in [1.82, 2.24) is 10.2 Å². The van der Waals surface area contributed by atoms with E-state index in [1.54, 1.807) is 0 Å². The molecule has 0 aromatic heterocycles. The maximum Gasteiger partial charge on any atom is 0.318 e. The number of nitrogens with one attached hydrogen (secondary N) is 1. The van der Waals surface area contributed by atoms with E-state index in [-0.39, 0.29) is 12.5 Å². The number of amides is 2. The lowest BCUT2D eigenvalue weighted by molar-refractivity contribution is -0.139. The Balaban J connectivity index is 1.91. The van der Waals surface area contributed by atoms with Crippen molar-refractivity contribution in [3.63, 3.8) is 0 Å². The zero-order valence-electron chi connectivity index (χ0n) is 11.7. The molecule has 2 N–H and O–H groups in total. The Morgan fingerprint density at radius 1 is 1.37 bits per heavy atom. The van der Waals surface area contributed by atoms with Gasteiger partial charge in [0.1, 0.15) is 0 Å². The van der Waals surface area contributed by atoms with Crippen LogP contribution in [0.5, 0.6) is 0 Å². The monoisotopic (exact) mass is 268 g/mol. The van der Waals surface area contributed by atoms with Crippen LogP contribution in [0.1, 0.15) is 58.3 Å². The molecule has 2 saturated carbocycles. The molecule has 108 valence electrons. The minimum absolute atomic E-state index is 0.0467. The van der Waals surface area contributed by atoms with E-state index in [0.29, 0.717) is 6.04 Å². The third kappa shape index (κ3) is 3.61. The second-order valence-electron chi connectivity index (χ2n) is 5.91. The molecule has 0 unspecified atom stereocenters. The van der Waals surface area contributed by atoms with Gasteiger partial charge >= 0.3 is 12.0 Å². The molecule has 19 heavy (non-hydrogen) atoms. The largest absolute Gasteiger partial charge is 0.481 e. The number of aliphatic carboxylic acids is 1. The minimum atomic E-state index is -0.827. The first kappa shape index (κ1) is 14.2. The van der Waals surface area contributed by atoms with Crippen molar-refractivity contribution in [3.8, 4) is 0 Å². The van der Waals surface area contributed by atoms with Crippen LogP contribution in [-0.2, 0) is 4.79 Å². The van der Waals surface area contributed by atoms with E-state index in [9.17, 15) is 9.59 Å². The lowest BCUT2D eigenvalue weighted by atomic mass is 9.74. The Morgan fingerprint density at radius 2 is 2.05 bits per heavy atom. The van der Waals surface area contributed by atoms with Gasteiger partial charge in [-0.05, 0) is 38.5 Å². The van der Waals surface area contributed by atoms with Gasteiger partial charge in [-0.1, -0.05) is 13.3 Å². The average Bonchev–Trinajstić information content (AvgIpc) is 3.10. The van der Waals surface area contributed by atoms with Crippen molar-refractivity contribution in [3.05, 3.63) is 0 Å². The topological polar surface area (TPSA) is 69.6 Å². The first-order valence-corrected chi connectivity index (χ1v) is 7.37. The molecular weight excluding hydrogens is 244 g/mol. The van der Waals surface area contributed by atoms with Crippen molar-refractivity contribution in [2.24, 2.45) is 0 Å². The predicted molar refractivity (Wildman–Crippen MR) is 72.0 cm³/mol. The molecule has 0 atom stereocenters. The summed E-state index contributed by atoms with van der Waals surface area (Å²) >= 11 is 0. The van der Waals surface area contributed by atoms with Crippen LogP contribution < -0.4 is 5.32 Å². The number of carboxylic acids is 1. The Labute approximate surface area is 114 Å². The number of rotatable bonds is 7. The number of nitrogens with zero attached hydrogens (tertiary/aromatic N) is 1. The number of carboxylic acid groups (broad SMARTS) is 1. The molecule has 2 amide bonds. The zero-order chi connectivity index (χ0) is 13.9. The van der Waals surface area contributed by atoms with E-state index in [1.165, 1.54) is 0 Å². The fourth-order valence-corrected chi connectivity index (χ4v) is 2.70. The first-order valence-electron chi connectivity index (χ1n) is 7.37. The molecule has 5 heteroatoms. The van der Waals surface area contributed by atoms with Gasteiger partial charge in [-0.2, -0.15) is 0 Å². The van der Waals surface area contributed by atoms with Gasteiger partial charge in [0.05, 0.1) is 12.0 Å². The van der Waals surface area contributed by atoms with Crippen LogP contribution in [0, 0.1) is 0 Å². The molecule has 5 nitrogen and oxygen atoms in total. The Morgan fingerprint density at radius 3 is 2.47 bits per heavy atom. The highest BCUT2D eigenvalue weighted by Crippen LogP contribution is 2.36. The molecular formula is C14H24N2O3. The summed E-state index contributed by atoms with van der Waals surface area (Å²) in [6.45, 7) is 2.90. The van der Waals surface area contributed by atoms with E-state index in [1.807, 2.05) is 4.90 Å². The molecule has 0 heterocycles. The van der Waals surface area contributed by atoms with Gasteiger partial charge in [0.25, 0.3) is 0 Å². The third-order valence-corrected chi connectivity index (χ3v) is 4.17. The summed E-state index contributed by atoms with van der Waals surface area (Å²) in [6.07, 6.45) is 6.88. The molecule has 2 aliphatic rings. The van der Waals surface area contributed by atoms with Crippen molar-refractivity contribution >= 4 is 12.0 Å². The molecule has 0 bridgehead atoms. The summed E-state index contributed by atoms with van der Waals surface area (Å²) in [4.78, 5) is 25.2. The van der Waals surface area contributed by atoms with Gasteiger partial charge in [0.15, 0.2) is 0 Å². The molecule has 0 aliphatic heterocycles. The van der Waals surface area contributed by atoms with Crippen LogP contribution in [0.4, 0.5) is 4.79 Å². The number of hydrogen-bond acceptors (Lipinski definition) is 2. The highest BCUT2D eigenvalue weighted by atomic mass is 16.4. The van der Waals surface area contributed by atoms with E-state index in [2.05, 4.69) is 12.2 Å². The van der Waals surface area contributed by atoms with Gasteiger partial charge in [-0.3, -0.25) is 4.79 Å². The number of urea groups is 1. The van der Waals surface area contributed by atoms with E-state index >= 15 is 0 Å². The molecule has 0 aromatic rings. The van der Waals surface area contributed by atoms with E-state index in [4.69, 9.17) is 5.11 Å². The third-order valence-electron chi connectivity index (χ3n) is 4.17. The van der Waals surface area contributed by atoms with Crippen LogP contribution in [0.25, 0.3) is 0 Å². The van der Waals surface area contributed by atoms with Crippen LogP contribution in [0.2, 0.25) is 0 Å². The summed E-state index contributed by atoms with van der Waals surface area (Å²) in [5.74, 6) is -0.827. The highest BCUT2D eigenvalue weighted by molar-refractivity contribution is 5.77. The number of unbranched alkanes of at least 4 members (excludes halogenated alkanes) is 1. The maximum absolute atomic E-state index is 12.3. The van der Waals surface area contributed by atoms with E-state index < -0.39 is 11.5 Å². The van der Waals surface area contributed by atoms with Gasteiger partial charge in [0.2, 0.25) is 0 Å². The summed E-state index contributed by atoms with van der Waals surface area (Å²) < 4.78 is 0. The van der Waals surface area contributed by atoms with Gasteiger partial charge in [0, 0.05) is 12.6 Å². The summed E-state index contributed by atoms with van der Waals surface area (Å²) in [6, 6.07) is 0.324. The maximum atomic E-state index is 12.3. The Hall–Kier alpha value is -1.26. The fourth-order valence-electron chi connectivity index (χ4n) is 2.70. The van der Waals surface area contributed by atoms with Crippen LogP contribution in [0.15, 0.2) is 0 Å². The molecule has 0 spiro atoms. The highest BCUT2D eigenvalue weighted by Gasteiger charge is 2.42. The summed E-state index contributed by atoms with van der Waals surface area (Å²) in [5.41, 5.74) is -0.484. The molecule has 2 aliphatic carbocycles. The summed E-state index contributed by atoms with van der Waals surface area (Å²) in [5, 5.41) is 12.0. The lowest BCUT2D eigenvalue weighted by Crippen LogP contribution is -2.58. The smallest absolute Gasteiger partial charge is 0.318 e. The first-order chi connectivity index (χ1) is 9.06. The second kappa shape index (κ2) is 5.80. The normalized spacial score (nSPS) is 20.5. The quantitative estimate of drug-likeness (QED) is 0.744. The second-order valence-corrected chi connectivity index (χ2v) is 5.91. The average molecular weight is 268 g/mol. The molecule has 0 radical (unpaired) electrons. The van der Waals surface area contributed by atoms with Crippen molar-refractivity contribution in [2.45, 2.75) is 69.9 Å². The van der Waals surface area contributed by atoms with Crippen LogP contribution in [-0.4, -0.2) is 40.1 Å². The van der Waals surface area contributed by atoms with E-state index in [0.717, 1.165) is 51.5 Å². The van der Waals surface area contributed by atoms with Gasteiger partial charge in [-0.25, -0.2) is 4.79 Å². The minimum Gasteiger partial charge on any atom is -0.481 e. The number of carbonyl (C=O) groups excluding carboxylic acids is 1. The summed E-state index contributed by atoms with van der Waals surface area (Å²) in [7, 11) is 0. The Bertz CT molecular complexity index is 349. The fraction of sp³-hybridized carbons (Fsp3) is 0.857. The SMILES string of the molecule is CCCCN(C(=O)NC1(CC(=O)O)CCC1)C1CC1. The Kier molecular flexibility index (Phi) is 4.32. The number of carbonyl (C=O) groups is 2. The van der Waals surface area contributed by atoms with Gasteiger partial charge in [-0.15, -0.1) is 0 Å². The standard InChI is InChI=1S/C14H24N2O3/c1-2-3-9-16(11-5-6-11)13(19)15-14(7-4-8-14)10-12(17)18/h11H,2-10H2,1H3,(H,15,19)(H,17,18). The predicted octanol–water partition coefficient (Wildman–Crippen LogP) is 2.36. The number of hydrogen-bond donors (Lipinski definition) is 2. The van der Waals surface area contributed by atoms with Crippen molar-refractivity contribution in [2.75, 3.05) is 6.54 Å². The van der Waals surface area contributed by atoms with Gasteiger partial charge < -0.3 is 15.3 Å². The molecule has 2 rings (SSSR count).